The molecular weight excluding hydrogens is 336 g/mol. The number of benzene rings is 2. The van der Waals surface area contributed by atoms with Crippen molar-refractivity contribution in [1.29, 1.82) is 0 Å². The summed E-state index contributed by atoms with van der Waals surface area (Å²) in [5.74, 6) is 0.0807. The van der Waals surface area contributed by atoms with Crippen LogP contribution in [0.15, 0.2) is 61.2 Å². The van der Waals surface area contributed by atoms with Crippen LogP contribution < -0.4 is 5.32 Å². The molecule has 27 heavy (non-hydrogen) atoms. The van der Waals surface area contributed by atoms with E-state index in [0.29, 0.717) is 0 Å². The highest BCUT2D eigenvalue weighted by Gasteiger charge is 2.31. The van der Waals surface area contributed by atoms with Gasteiger partial charge in [-0.1, -0.05) is 30.3 Å². The van der Waals surface area contributed by atoms with Crippen LogP contribution in [0, 0.1) is 6.92 Å². The lowest BCUT2D eigenvalue weighted by Gasteiger charge is -2.36. The van der Waals surface area contributed by atoms with E-state index in [-0.39, 0.29) is 11.9 Å². The summed E-state index contributed by atoms with van der Waals surface area (Å²) in [5, 5.41) is 2.83. The van der Waals surface area contributed by atoms with Gasteiger partial charge in [0.15, 0.2) is 0 Å². The topological polar surface area (TPSA) is 50.2 Å². The number of carbonyl (C=O) groups excluding carboxylic acids is 1. The van der Waals surface area contributed by atoms with E-state index in [4.69, 9.17) is 0 Å². The number of aromatic nitrogens is 2. The van der Waals surface area contributed by atoms with Crippen LogP contribution in [0.4, 0.5) is 0 Å². The molecule has 5 heteroatoms. The Bertz CT molecular complexity index is 949. The average Bonchev–Trinajstić information content (AvgIpc) is 3.23. The van der Waals surface area contributed by atoms with Gasteiger partial charge in [0.05, 0.1) is 12.4 Å². The van der Waals surface area contributed by atoms with Crippen LogP contribution in [-0.2, 0) is 24.3 Å². The highest BCUT2D eigenvalue weighted by Crippen LogP contribution is 2.26. The van der Waals surface area contributed by atoms with E-state index < -0.39 is 0 Å². The molecule has 0 unspecified atom stereocenters. The summed E-state index contributed by atoms with van der Waals surface area (Å²) >= 11 is 0. The lowest BCUT2D eigenvalue weighted by Crippen LogP contribution is -2.49. The van der Waals surface area contributed by atoms with E-state index in [1.54, 1.807) is 19.6 Å². The lowest BCUT2D eigenvalue weighted by atomic mass is 9.92. The smallest absolute Gasteiger partial charge is 0.237 e. The SMILES string of the molecule is CNC(=O)[C@@H]1Cc2ccccc2CN1Cc1ccc(-n2ccnc2)cc1C. The second kappa shape index (κ2) is 7.37. The minimum Gasteiger partial charge on any atom is -0.358 e. The van der Waals surface area contributed by atoms with Gasteiger partial charge in [-0.3, -0.25) is 9.69 Å². The summed E-state index contributed by atoms with van der Waals surface area (Å²) in [6.45, 7) is 3.67. The third kappa shape index (κ3) is 3.51. The van der Waals surface area contributed by atoms with Gasteiger partial charge in [0.1, 0.15) is 0 Å². The molecule has 0 saturated heterocycles. The van der Waals surface area contributed by atoms with Gasteiger partial charge in [0, 0.05) is 38.2 Å². The van der Waals surface area contributed by atoms with Crippen LogP contribution in [0.1, 0.15) is 22.3 Å². The van der Waals surface area contributed by atoms with E-state index in [1.165, 1.54) is 22.3 Å². The number of likely N-dealkylation sites (N-methyl/N-ethyl adjacent to an activating group) is 1. The molecule has 0 aliphatic carbocycles. The Kier molecular flexibility index (Phi) is 4.77. The Morgan fingerprint density at radius 2 is 2.04 bits per heavy atom. The van der Waals surface area contributed by atoms with Crippen molar-refractivity contribution in [2.75, 3.05) is 7.05 Å². The van der Waals surface area contributed by atoms with Crippen LogP contribution in [0.5, 0.6) is 0 Å². The maximum Gasteiger partial charge on any atom is 0.237 e. The number of hydrogen-bond acceptors (Lipinski definition) is 3. The zero-order valence-corrected chi connectivity index (χ0v) is 15.7. The van der Waals surface area contributed by atoms with Gasteiger partial charge in [-0.05, 0) is 47.7 Å². The first kappa shape index (κ1) is 17.5. The van der Waals surface area contributed by atoms with Crippen LogP contribution in [0.25, 0.3) is 5.69 Å². The Morgan fingerprint density at radius 1 is 1.22 bits per heavy atom. The highest BCUT2D eigenvalue weighted by atomic mass is 16.2. The van der Waals surface area contributed by atoms with Gasteiger partial charge < -0.3 is 9.88 Å². The first-order valence-corrected chi connectivity index (χ1v) is 9.26. The maximum absolute atomic E-state index is 12.5. The monoisotopic (exact) mass is 360 g/mol. The van der Waals surface area contributed by atoms with Gasteiger partial charge in [-0.25, -0.2) is 4.98 Å². The zero-order valence-electron chi connectivity index (χ0n) is 15.7. The number of hydrogen-bond donors (Lipinski definition) is 1. The second-order valence-corrected chi connectivity index (χ2v) is 7.09. The van der Waals surface area contributed by atoms with Crippen molar-refractivity contribution in [3.8, 4) is 5.69 Å². The van der Waals surface area contributed by atoms with E-state index in [0.717, 1.165) is 25.2 Å². The minimum atomic E-state index is -0.141. The molecule has 5 nitrogen and oxygen atoms in total. The van der Waals surface area contributed by atoms with Crippen molar-refractivity contribution in [3.05, 3.63) is 83.4 Å². The fourth-order valence-electron chi connectivity index (χ4n) is 3.82. The number of aryl methyl sites for hydroxylation is 1. The molecule has 1 aliphatic rings. The molecule has 0 saturated carbocycles. The first-order chi connectivity index (χ1) is 13.2. The highest BCUT2D eigenvalue weighted by molar-refractivity contribution is 5.82. The van der Waals surface area contributed by atoms with E-state index in [2.05, 4.69) is 58.5 Å². The molecule has 2 heterocycles. The molecule has 2 aromatic carbocycles. The molecule has 138 valence electrons. The van der Waals surface area contributed by atoms with E-state index in [1.807, 2.05) is 16.8 Å². The Hall–Kier alpha value is -2.92. The molecule has 0 fully saturated rings. The van der Waals surface area contributed by atoms with Gasteiger partial charge in [-0.2, -0.15) is 0 Å². The van der Waals surface area contributed by atoms with Gasteiger partial charge in [0.25, 0.3) is 0 Å². The van der Waals surface area contributed by atoms with Crippen LogP contribution in [0.3, 0.4) is 0 Å². The van der Waals surface area contributed by atoms with Gasteiger partial charge in [-0.15, -0.1) is 0 Å². The number of amides is 1. The third-order valence-electron chi connectivity index (χ3n) is 5.40. The molecule has 1 N–H and O–H groups in total. The molecule has 0 spiro atoms. The second-order valence-electron chi connectivity index (χ2n) is 7.09. The number of rotatable bonds is 4. The number of nitrogens with one attached hydrogen (secondary N) is 1. The normalized spacial score (nSPS) is 16.7. The van der Waals surface area contributed by atoms with Crippen molar-refractivity contribution in [3.63, 3.8) is 0 Å². The summed E-state index contributed by atoms with van der Waals surface area (Å²) in [5.41, 5.74) is 6.14. The lowest BCUT2D eigenvalue weighted by molar-refractivity contribution is -0.126. The zero-order chi connectivity index (χ0) is 18.8. The van der Waals surface area contributed by atoms with Crippen molar-refractivity contribution in [2.45, 2.75) is 32.5 Å². The quantitative estimate of drug-likeness (QED) is 0.778. The molecule has 0 radical (unpaired) electrons. The standard InChI is InChI=1S/C22H24N4O/c1-16-11-20(25-10-9-24-15-25)8-7-18(16)13-26-14-19-6-4-3-5-17(19)12-21(26)22(27)23-2/h3-11,15,21H,12-14H2,1-2H3,(H,23,27)/t21-/m0/s1. The molecule has 1 amide bonds. The third-order valence-corrected chi connectivity index (χ3v) is 5.40. The average molecular weight is 360 g/mol. The minimum absolute atomic E-state index is 0.0807. The Morgan fingerprint density at radius 3 is 2.74 bits per heavy atom. The van der Waals surface area contributed by atoms with Crippen molar-refractivity contribution < 1.29 is 4.79 Å². The molecule has 1 aliphatic heterocycles. The van der Waals surface area contributed by atoms with E-state index in [9.17, 15) is 4.79 Å². The Balaban J connectivity index is 1.61. The maximum atomic E-state index is 12.5. The van der Waals surface area contributed by atoms with Crippen LogP contribution in [-0.4, -0.2) is 33.4 Å². The van der Waals surface area contributed by atoms with Crippen molar-refractivity contribution >= 4 is 5.91 Å². The molecule has 3 aromatic rings. The first-order valence-electron chi connectivity index (χ1n) is 9.26. The van der Waals surface area contributed by atoms with Gasteiger partial charge in [0.2, 0.25) is 5.91 Å². The fraction of sp³-hybridized carbons (Fsp3) is 0.273. The predicted molar refractivity (Wildman–Crippen MR) is 106 cm³/mol. The Labute approximate surface area is 159 Å². The predicted octanol–water partition coefficient (Wildman–Crippen LogP) is 2.85. The number of imidazole rings is 1. The molecule has 4 rings (SSSR count). The van der Waals surface area contributed by atoms with Crippen molar-refractivity contribution in [2.24, 2.45) is 0 Å². The van der Waals surface area contributed by atoms with E-state index >= 15 is 0 Å². The van der Waals surface area contributed by atoms with Crippen molar-refractivity contribution in [1.82, 2.24) is 19.8 Å². The number of fused-ring (bicyclic) bond motifs is 1. The number of carbonyl (C=O) groups is 1. The molecule has 0 bridgehead atoms. The summed E-state index contributed by atoms with van der Waals surface area (Å²) < 4.78 is 2.00. The summed E-state index contributed by atoms with van der Waals surface area (Å²) in [4.78, 5) is 18.9. The molecular formula is C22H24N4O. The molecule has 1 aromatic heterocycles. The fourth-order valence-corrected chi connectivity index (χ4v) is 3.82. The molecule has 1 atom stereocenters. The van der Waals surface area contributed by atoms with Crippen LogP contribution >= 0.6 is 0 Å². The van der Waals surface area contributed by atoms with Crippen LogP contribution in [0.2, 0.25) is 0 Å². The summed E-state index contributed by atoms with van der Waals surface area (Å²) in [6.07, 6.45) is 6.28. The largest absolute Gasteiger partial charge is 0.358 e. The summed E-state index contributed by atoms with van der Waals surface area (Å²) in [6, 6.07) is 14.7. The number of nitrogens with zero attached hydrogens (tertiary/aromatic N) is 3. The summed E-state index contributed by atoms with van der Waals surface area (Å²) in [7, 11) is 1.71. The van der Waals surface area contributed by atoms with Gasteiger partial charge >= 0.3 is 0 Å².